The number of carbonyl (C=O) groups excluding carboxylic acids is 1. The van der Waals surface area contributed by atoms with Crippen molar-refractivity contribution in [3.63, 3.8) is 0 Å². The third kappa shape index (κ3) is 10.2. The largest absolute Gasteiger partial charge is 0.411 e. The van der Waals surface area contributed by atoms with Crippen molar-refractivity contribution in [2.24, 2.45) is 0 Å². The average Bonchev–Trinajstić information content (AvgIpc) is 2.12. The molecule has 3 nitrogen and oxygen atoms in total. The molecular weight excluding hydrogens is 291 g/mol. The van der Waals surface area contributed by atoms with Gasteiger partial charge in [-0.2, -0.15) is 13.2 Å². The number of ether oxygens (including phenoxy) is 1. The van der Waals surface area contributed by atoms with Crippen molar-refractivity contribution in [1.29, 1.82) is 0 Å². The van der Waals surface area contributed by atoms with Gasteiger partial charge in [0.25, 0.3) is 0 Å². The number of hydrogen-bond donors (Lipinski definition) is 1. The summed E-state index contributed by atoms with van der Waals surface area (Å²) in [5.74, 6) is -0.522. The molecule has 1 N–H and O–H groups in total. The molecule has 0 aliphatic heterocycles. The smallest absolute Gasteiger partial charge is 0.362 e. The molecule has 0 bridgehead atoms. The summed E-state index contributed by atoms with van der Waals surface area (Å²) in [5.41, 5.74) is 0. The van der Waals surface area contributed by atoms with Crippen LogP contribution in [0, 0.1) is 0 Å². The van der Waals surface area contributed by atoms with Crippen LogP contribution in [0.4, 0.5) is 13.2 Å². The van der Waals surface area contributed by atoms with Crippen molar-refractivity contribution in [3.05, 3.63) is 0 Å². The Morgan fingerprint density at radius 2 is 2.12 bits per heavy atom. The van der Waals surface area contributed by atoms with Crippen molar-refractivity contribution >= 4 is 21.8 Å². The topological polar surface area (TPSA) is 38.3 Å². The molecule has 96 valence electrons. The standard InChI is InChI=1S/C9H15BrF3NO2/c1-7(3-2-4-10)14-8(15)5-16-6-9(11,12)13/h7H,2-6H2,1H3,(H,14,15). The average molecular weight is 306 g/mol. The van der Waals surface area contributed by atoms with Crippen LogP contribution < -0.4 is 5.32 Å². The summed E-state index contributed by atoms with van der Waals surface area (Å²) in [7, 11) is 0. The predicted octanol–water partition coefficient (Wildman–Crippen LogP) is 2.25. The monoisotopic (exact) mass is 305 g/mol. The highest BCUT2D eigenvalue weighted by atomic mass is 79.9. The van der Waals surface area contributed by atoms with Crippen LogP contribution in [0.15, 0.2) is 0 Å². The molecule has 0 saturated carbocycles. The van der Waals surface area contributed by atoms with Crippen molar-refractivity contribution in [2.45, 2.75) is 32.0 Å². The van der Waals surface area contributed by atoms with Gasteiger partial charge in [0, 0.05) is 11.4 Å². The molecule has 0 radical (unpaired) electrons. The van der Waals surface area contributed by atoms with E-state index in [1.54, 1.807) is 6.92 Å². The Morgan fingerprint density at radius 1 is 1.50 bits per heavy atom. The minimum absolute atomic E-state index is 0.0560. The van der Waals surface area contributed by atoms with Gasteiger partial charge in [0.05, 0.1) is 0 Å². The van der Waals surface area contributed by atoms with Gasteiger partial charge >= 0.3 is 6.18 Å². The lowest BCUT2D eigenvalue weighted by molar-refractivity contribution is -0.175. The van der Waals surface area contributed by atoms with E-state index < -0.39 is 25.3 Å². The number of amides is 1. The van der Waals surface area contributed by atoms with E-state index >= 15 is 0 Å². The Kier molecular flexibility index (Phi) is 7.74. The summed E-state index contributed by atoms with van der Waals surface area (Å²) >= 11 is 3.25. The molecule has 0 spiro atoms. The van der Waals surface area contributed by atoms with Crippen LogP contribution in [0.2, 0.25) is 0 Å². The predicted molar refractivity (Wildman–Crippen MR) is 57.5 cm³/mol. The number of hydrogen-bond acceptors (Lipinski definition) is 2. The summed E-state index contributed by atoms with van der Waals surface area (Å²) in [6.07, 6.45) is -2.72. The second kappa shape index (κ2) is 7.89. The molecular formula is C9H15BrF3NO2. The Morgan fingerprint density at radius 3 is 2.62 bits per heavy atom. The van der Waals surface area contributed by atoms with Crippen LogP contribution in [-0.2, 0) is 9.53 Å². The van der Waals surface area contributed by atoms with Gasteiger partial charge in [0.2, 0.25) is 5.91 Å². The Hall–Kier alpha value is -0.300. The summed E-state index contributed by atoms with van der Waals surface area (Å²) in [6, 6.07) is -0.0560. The number of nitrogens with one attached hydrogen (secondary N) is 1. The Labute approximate surface area is 101 Å². The van der Waals surface area contributed by atoms with Gasteiger partial charge in [-0.05, 0) is 19.8 Å². The molecule has 0 aromatic heterocycles. The zero-order valence-corrected chi connectivity index (χ0v) is 10.5. The lowest BCUT2D eigenvalue weighted by Crippen LogP contribution is -2.36. The summed E-state index contributed by atoms with van der Waals surface area (Å²) in [4.78, 5) is 11.1. The first-order valence-electron chi connectivity index (χ1n) is 4.85. The van der Waals surface area contributed by atoms with E-state index in [-0.39, 0.29) is 6.04 Å². The third-order valence-electron chi connectivity index (χ3n) is 1.68. The van der Waals surface area contributed by atoms with E-state index in [4.69, 9.17) is 0 Å². The number of rotatable bonds is 7. The number of alkyl halides is 4. The molecule has 1 unspecified atom stereocenters. The van der Waals surface area contributed by atoms with Crippen LogP contribution in [0.25, 0.3) is 0 Å². The van der Waals surface area contributed by atoms with Gasteiger partial charge in [-0.1, -0.05) is 15.9 Å². The van der Waals surface area contributed by atoms with Gasteiger partial charge in [0.15, 0.2) is 0 Å². The third-order valence-corrected chi connectivity index (χ3v) is 2.24. The highest BCUT2D eigenvalue weighted by Crippen LogP contribution is 2.14. The molecule has 0 rings (SSSR count). The molecule has 0 fully saturated rings. The van der Waals surface area contributed by atoms with Crippen molar-refractivity contribution in [3.8, 4) is 0 Å². The van der Waals surface area contributed by atoms with Gasteiger partial charge < -0.3 is 10.1 Å². The second-order valence-electron chi connectivity index (χ2n) is 3.41. The van der Waals surface area contributed by atoms with Gasteiger partial charge in [-0.3, -0.25) is 4.79 Å². The zero-order chi connectivity index (χ0) is 12.6. The molecule has 1 amide bonds. The molecule has 0 aromatic rings. The fourth-order valence-electron chi connectivity index (χ4n) is 1.03. The molecule has 16 heavy (non-hydrogen) atoms. The highest BCUT2D eigenvalue weighted by molar-refractivity contribution is 9.09. The normalized spacial score (nSPS) is 13.6. The first-order chi connectivity index (χ1) is 7.35. The molecule has 0 heterocycles. The van der Waals surface area contributed by atoms with Gasteiger partial charge in [-0.15, -0.1) is 0 Å². The molecule has 0 aliphatic carbocycles. The quantitative estimate of drug-likeness (QED) is 0.733. The van der Waals surface area contributed by atoms with Crippen molar-refractivity contribution in [2.75, 3.05) is 18.5 Å². The minimum atomic E-state index is -4.39. The Bertz CT molecular complexity index is 211. The SMILES string of the molecule is CC(CCCBr)NC(=O)COCC(F)(F)F. The first kappa shape index (κ1) is 15.7. The molecule has 0 aliphatic rings. The van der Waals surface area contributed by atoms with E-state index in [1.165, 1.54) is 0 Å². The van der Waals surface area contributed by atoms with Crippen LogP contribution in [-0.4, -0.2) is 36.7 Å². The summed E-state index contributed by atoms with van der Waals surface area (Å²) in [5, 5.41) is 3.38. The second-order valence-corrected chi connectivity index (χ2v) is 4.20. The number of halogens is 4. The van der Waals surface area contributed by atoms with Gasteiger partial charge in [-0.25, -0.2) is 0 Å². The van der Waals surface area contributed by atoms with Crippen LogP contribution >= 0.6 is 15.9 Å². The summed E-state index contributed by atoms with van der Waals surface area (Å²) < 4.78 is 39.2. The first-order valence-corrected chi connectivity index (χ1v) is 5.97. The fraction of sp³-hybridized carbons (Fsp3) is 0.889. The van der Waals surface area contributed by atoms with Crippen molar-refractivity contribution in [1.82, 2.24) is 5.32 Å². The minimum Gasteiger partial charge on any atom is -0.362 e. The molecule has 1 atom stereocenters. The van der Waals surface area contributed by atoms with Crippen molar-refractivity contribution < 1.29 is 22.7 Å². The van der Waals surface area contributed by atoms with E-state index in [0.717, 1.165) is 18.2 Å². The maximum atomic E-state index is 11.7. The fourth-order valence-corrected chi connectivity index (χ4v) is 1.36. The van der Waals surface area contributed by atoms with E-state index in [0.29, 0.717) is 0 Å². The maximum Gasteiger partial charge on any atom is 0.411 e. The zero-order valence-electron chi connectivity index (χ0n) is 8.94. The van der Waals surface area contributed by atoms with Crippen LogP contribution in [0.5, 0.6) is 0 Å². The number of carbonyl (C=O) groups is 1. The molecule has 0 aromatic carbocycles. The van der Waals surface area contributed by atoms with Crippen LogP contribution in [0.3, 0.4) is 0 Å². The van der Waals surface area contributed by atoms with E-state index in [2.05, 4.69) is 26.0 Å². The van der Waals surface area contributed by atoms with Gasteiger partial charge in [0.1, 0.15) is 13.2 Å². The Balaban J connectivity index is 3.58. The van der Waals surface area contributed by atoms with E-state index in [9.17, 15) is 18.0 Å². The lowest BCUT2D eigenvalue weighted by Gasteiger charge is -2.13. The molecule has 7 heteroatoms. The highest BCUT2D eigenvalue weighted by Gasteiger charge is 2.27. The maximum absolute atomic E-state index is 11.7. The summed E-state index contributed by atoms with van der Waals surface area (Å²) in [6.45, 7) is -0.154. The molecule has 0 saturated heterocycles. The van der Waals surface area contributed by atoms with Crippen LogP contribution in [0.1, 0.15) is 19.8 Å². The lowest BCUT2D eigenvalue weighted by atomic mass is 10.2. The van der Waals surface area contributed by atoms with E-state index in [1.807, 2.05) is 0 Å².